The Hall–Kier alpha value is -0.860. The molecular weight excluding hydrogens is 250 g/mol. The molecule has 0 aliphatic carbocycles. The molecule has 19 heavy (non-hydrogen) atoms. The second kappa shape index (κ2) is 6.06. The number of likely N-dealkylation sites (N-methyl/N-ethyl adjacent to an activating group) is 1. The number of thiophene rings is 1. The molecule has 0 radical (unpaired) electrons. The molecule has 1 N–H and O–H groups in total. The minimum atomic E-state index is 0.209. The molecule has 0 aliphatic rings. The third-order valence-electron chi connectivity index (χ3n) is 4.35. The molecule has 0 amide bonds. The van der Waals surface area contributed by atoms with E-state index in [1.54, 1.807) is 0 Å². The van der Waals surface area contributed by atoms with E-state index in [0.717, 1.165) is 6.54 Å². The number of rotatable bonds is 6. The van der Waals surface area contributed by atoms with Crippen molar-refractivity contribution in [2.75, 3.05) is 6.54 Å². The maximum absolute atomic E-state index is 3.61. The van der Waals surface area contributed by atoms with Crippen LogP contribution in [0.2, 0.25) is 0 Å². The van der Waals surface area contributed by atoms with E-state index < -0.39 is 0 Å². The van der Waals surface area contributed by atoms with Gasteiger partial charge in [-0.2, -0.15) is 0 Å². The van der Waals surface area contributed by atoms with Crippen LogP contribution in [0.25, 0.3) is 10.1 Å². The van der Waals surface area contributed by atoms with Crippen molar-refractivity contribution in [3.05, 3.63) is 35.2 Å². The van der Waals surface area contributed by atoms with E-state index in [9.17, 15) is 0 Å². The standard InChI is InChI=1S/C17H25NS/c1-5-10-17(4,13(3)18-6-2)15-7-8-16-14(12-15)9-11-19-16/h7-9,11-13,18H,5-6,10H2,1-4H3. The molecule has 2 heteroatoms. The van der Waals surface area contributed by atoms with Crippen LogP contribution in [-0.4, -0.2) is 12.6 Å². The van der Waals surface area contributed by atoms with Crippen LogP contribution in [-0.2, 0) is 5.41 Å². The van der Waals surface area contributed by atoms with Crippen molar-refractivity contribution < 1.29 is 0 Å². The fourth-order valence-electron chi connectivity index (χ4n) is 2.98. The van der Waals surface area contributed by atoms with Crippen molar-refractivity contribution in [3.8, 4) is 0 Å². The Morgan fingerprint density at radius 2 is 2.05 bits per heavy atom. The van der Waals surface area contributed by atoms with Crippen LogP contribution in [0.15, 0.2) is 29.6 Å². The lowest BCUT2D eigenvalue weighted by Gasteiger charge is -2.37. The number of nitrogens with one attached hydrogen (secondary N) is 1. The molecule has 0 fully saturated rings. The SMILES string of the molecule is CCCC(C)(c1ccc2sccc2c1)C(C)NCC. The Bertz CT molecular complexity index is 531. The van der Waals surface area contributed by atoms with Crippen LogP contribution >= 0.6 is 11.3 Å². The molecule has 2 aromatic rings. The normalized spacial score (nSPS) is 16.4. The Balaban J connectivity index is 2.41. The molecule has 0 aliphatic heterocycles. The number of hydrogen-bond donors (Lipinski definition) is 1. The lowest BCUT2D eigenvalue weighted by atomic mass is 9.73. The highest BCUT2D eigenvalue weighted by Crippen LogP contribution is 2.35. The molecule has 2 atom stereocenters. The zero-order chi connectivity index (χ0) is 13.9. The van der Waals surface area contributed by atoms with Gasteiger partial charge in [0.1, 0.15) is 0 Å². The Morgan fingerprint density at radius 3 is 2.74 bits per heavy atom. The summed E-state index contributed by atoms with van der Waals surface area (Å²) in [4.78, 5) is 0. The summed E-state index contributed by atoms with van der Waals surface area (Å²) in [6.45, 7) is 10.2. The van der Waals surface area contributed by atoms with Crippen LogP contribution in [0.4, 0.5) is 0 Å². The summed E-state index contributed by atoms with van der Waals surface area (Å²) < 4.78 is 1.39. The molecule has 1 nitrogen and oxygen atoms in total. The van der Waals surface area contributed by atoms with Gasteiger partial charge in [0.05, 0.1) is 0 Å². The van der Waals surface area contributed by atoms with E-state index in [0.29, 0.717) is 6.04 Å². The molecule has 0 spiro atoms. The summed E-state index contributed by atoms with van der Waals surface area (Å²) in [5.74, 6) is 0. The fourth-order valence-corrected chi connectivity index (χ4v) is 3.75. The largest absolute Gasteiger partial charge is 0.314 e. The van der Waals surface area contributed by atoms with Crippen LogP contribution < -0.4 is 5.32 Å². The minimum Gasteiger partial charge on any atom is -0.314 e. The van der Waals surface area contributed by atoms with Gasteiger partial charge in [0.15, 0.2) is 0 Å². The third kappa shape index (κ3) is 2.85. The van der Waals surface area contributed by atoms with Gasteiger partial charge in [-0.1, -0.05) is 33.3 Å². The average Bonchev–Trinajstić information content (AvgIpc) is 2.86. The molecule has 1 heterocycles. The van der Waals surface area contributed by atoms with E-state index in [1.165, 1.54) is 28.5 Å². The van der Waals surface area contributed by atoms with Gasteiger partial charge in [-0.05, 0) is 54.4 Å². The van der Waals surface area contributed by atoms with E-state index >= 15 is 0 Å². The first-order valence-corrected chi connectivity index (χ1v) is 8.21. The summed E-state index contributed by atoms with van der Waals surface area (Å²) in [6, 6.07) is 9.71. The van der Waals surface area contributed by atoms with Gasteiger partial charge in [0.25, 0.3) is 0 Å². The quantitative estimate of drug-likeness (QED) is 0.786. The Labute approximate surface area is 121 Å². The first-order chi connectivity index (χ1) is 9.11. The van der Waals surface area contributed by atoms with Crippen LogP contribution in [0.1, 0.15) is 46.1 Å². The maximum atomic E-state index is 3.61. The lowest BCUT2D eigenvalue weighted by molar-refractivity contribution is 0.315. The van der Waals surface area contributed by atoms with Crippen molar-refractivity contribution in [3.63, 3.8) is 0 Å². The van der Waals surface area contributed by atoms with Gasteiger partial charge in [-0.15, -0.1) is 11.3 Å². The van der Waals surface area contributed by atoms with Gasteiger partial charge in [0.2, 0.25) is 0 Å². The molecular formula is C17H25NS. The number of benzene rings is 1. The first-order valence-electron chi connectivity index (χ1n) is 7.33. The van der Waals surface area contributed by atoms with E-state index in [4.69, 9.17) is 0 Å². The van der Waals surface area contributed by atoms with E-state index in [-0.39, 0.29) is 5.41 Å². The molecule has 2 unspecified atom stereocenters. The minimum absolute atomic E-state index is 0.209. The molecule has 0 saturated carbocycles. The van der Waals surface area contributed by atoms with Crippen molar-refractivity contribution in [2.45, 2.75) is 52.0 Å². The summed E-state index contributed by atoms with van der Waals surface area (Å²) in [6.07, 6.45) is 2.44. The van der Waals surface area contributed by atoms with Crippen molar-refractivity contribution in [2.24, 2.45) is 0 Å². The van der Waals surface area contributed by atoms with Gasteiger partial charge in [-0.25, -0.2) is 0 Å². The van der Waals surface area contributed by atoms with Gasteiger partial charge in [0, 0.05) is 16.2 Å². The number of hydrogen-bond acceptors (Lipinski definition) is 2. The summed E-state index contributed by atoms with van der Waals surface area (Å²) in [5, 5.41) is 7.18. The highest BCUT2D eigenvalue weighted by Gasteiger charge is 2.31. The second-order valence-corrected chi connectivity index (χ2v) is 6.57. The van der Waals surface area contributed by atoms with Crippen molar-refractivity contribution in [1.29, 1.82) is 0 Å². The van der Waals surface area contributed by atoms with Gasteiger partial charge >= 0.3 is 0 Å². The average molecular weight is 275 g/mol. The lowest BCUT2D eigenvalue weighted by Crippen LogP contribution is -2.44. The van der Waals surface area contributed by atoms with Gasteiger partial charge in [-0.3, -0.25) is 0 Å². The fraction of sp³-hybridized carbons (Fsp3) is 0.529. The summed E-state index contributed by atoms with van der Waals surface area (Å²) >= 11 is 1.82. The van der Waals surface area contributed by atoms with Crippen LogP contribution in [0.5, 0.6) is 0 Å². The van der Waals surface area contributed by atoms with Crippen LogP contribution in [0, 0.1) is 0 Å². The first kappa shape index (κ1) is 14.5. The van der Waals surface area contributed by atoms with Gasteiger partial charge < -0.3 is 5.32 Å². The molecule has 2 rings (SSSR count). The molecule has 0 saturated heterocycles. The molecule has 0 bridgehead atoms. The zero-order valence-corrected chi connectivity index (χ0v) is 13.3. The predicted molar refractivity (Wildman–Crippen MR) is 87.2 cm³/mol. The Morgan fingerprint density at radius 1 is 1.26 bits per heavy atom. The van der Waals surface area contributed by atoms with E-state index in [2.05, 4.69) is 62.7 Å². The maximum Gasteiger partial charge on any atom is 0.0342 e. The topological polar surface area (TPSA) is 12.0 Å². The second-order valence-electron chi connectivity index (χ2n) is 5.62. The smallest absolute Gasteiger partial charge is 0.0342 e. The Kier molecular flexibility index (Phi) is 4.64. The van der Waals surface area contributed by atoms with Crippen LogP contribution in [0.3, 0.4) is 0 Å². The zero-order valence-electron chi connectivity index (χ0n) is 12.5. The predicted octanol–water partition coefficient (Wildman–Crippen LogP) is 4.96. The monoisotopic (exact) mass is 275 g/mol. The van der Waals surface area contributed by atoms with Crippen molar-refractivity contribution in [1.82, 2.24) is 5.32 Å². The molecule has 1 aromatic heterocycles. The molecule has 1 aromatic carbocycles. The summed E-state index contributed by atoms with van der Waals surface area (Å²) in [5.41, 5.74) is 1.68. The third-order valence-corrected chi connectivity index (χ3v) is 5.25. The summed E-state index contributed by atoms with van der Waals surface area (Å²) in [7, 11) is 0. The van der Waals surface area contributed by atoms with Crippen molar-refractivity contribution >= 4 is 21.4 Å². The number of fused-ring (bicyclic) bond motifs is 1. The highest BCUT2D eigenvalue weighted by molar-refractivity contribution is 7.17. The molecule has 104 valence electrons. The van der Waals surface area contributed by atoms with E-state index in [1.807, 2.05) is 11.3 Å². The highest BCUT2D eigenvalue weighted by atomic mass is 32.1.